The van der Waals surface area contributed by atoms with Crippen LogP contribution in [0.4, 0.5) is 0 Å². The fourth-order valence-electron chi connectivity index (χ4n) is 1.22. The van der Waals surface area contributed by atoms with E-state index in [2.05, 4.69) is 20.9 Å². The molecule has 0 aromatic carbocycles. The summed E-state index contributed by atoms with van der Waals surface area (Å²) in [7, 11) is 1.55. The molecule has 5 heteroatoms. The number of carboxylic acids is 1. The number of carbonyl (C=O) groups is 1. The summed E-state index contributed by atoms with van der Waals surface area (Å²) in [5, 5.41) is 8.82. The minimum Gasteiger partial charge on any atom is -0.496 e. The Morgan fingerprint density at radius 1 is 1.73 bits per heavy atom. The van der Waals surface area contributed by atoms with Crippen LogP contribution in [0.5, 0.6) is 5.75 Å². The smallest absolute Gasteiger partial charge is 0.306 e. The number of pyridine rings is 1. The van der Waals surface area contributed by atoms with Crippen LogP contribution in [0.1, 0.15) is 12.5 Å². The predicted octanol–water partition coefficient (Wildman–Crippen LogP) is 2.12. The van der Waals surface area contributed by atoms with Gasteiger partial charge in [0, 0.05) is 11.8 Å². The van der Waals surface area contributed by atoms with Crippen molar-refractivity contribution in [3.05, 3.63) is 22.4 Å². The summed E-state index contributed by atoms with van der Waals surface area (Å²) < 4.78 is 5.78. The zero-order valence-electron chi connectivity index (χ0n) is 8.53. The number of halogens is 1. The van der Waals surface area contributed by atoms with E-state index in [-0.39, 0.29) is 0 Å². The number of rotatable bonds is 4. The van der Waals surface area contributed by atoms with Crippen molar-refractivity contribution >= 4 is 21.9 Å². The van der Waals surface area contributed by atoms with Gasteiger partial charge in [-0.1, -0.05) is 6.92 Å². The van der Waals surface area contributed by atoms with Crippen LogP contribution in [0.3, 0.4) is 0 Å². The van der Waals surface area contributed by atoms with Crippen molar-refractivity contribution in [1.29, 1.82) is 0 Å². The molecule has 1 unspecified atom stereocenters. The predicted molar refractivity (Wildman–Crippen MR) is 59.0 cm³/mol. The molecule has 1 aromatic rings. The number of hydrogen-bond donors (Lipinski definition) is 1. The van der Waals surface area contributed by atoms with Gasteiger partial charge in [0.2, 0.25) is 0 Å². The topological polar surface area (TPSA) is 59.4 Å². The lowest BCUT2D eigenvalue weighted by atomic mass is 10.0. The minimum absolute atomic E-state index is 0.396. The normalized spacial score (nSPS) is 12.2. The van der Waals surface area contributed by atoms with E-state index in [4.69, 9.17) is 9.84 Å². The van der Waals surface area contributed by atoms with Gasteiger partial charge in [-0.05, 0) is 28.4 Å². The van der Waals surface area contributed by atoms with Gasteiger partial charge in [-0.3, -0.25) is 4.79 Å². The van der Waals surface area contributed by atoms with Crippen LogP contribution in [-0.4, -0.2) is 23.2 Å². The summed E-state index contributed by atoms with van der Waals surface area (Å²) in [5.41, 5.74) is 0.787. The minimum atomic E-state index is -0.826. The van der Waals surface area contributed by atoms with Crippen LogP contribution in [0.25, 0.3) is 0 Å². The van der Waals surface area contributed by atoms with Crippen LogP contribution in [0.2, 0.25) is 0 Å². The first-order valence-corrected chi connectivity index (χ1v) is 5.25. The van der Waals surface area contributed by atoms with E-state index in [9.17, 15) is 4.79 Å². The maximum Gasteiger partial charge on any atom is 0.306 e. The summed E-state index contributed by atoms with van der Waals surface area (Å²) in [6, 6.07) is 1.72. The van der Waals surface area contributed by atoms with Crippen molar-refractivity contribution in [2.75, 3.05) is 7.11 Å². The third-order valence-corrected chi connectivity index (χ3v) is 2.80. The largest absolute Gasteiger partial charge is 0.496 e. The molecule has 0 bridgehead atoms. The Balaban J connectivity index is 2.97. The highest BCUT2D eigenvalue weighted by molar-refractivity contribution is 9.10. The molecular formula is C10H12BrNO3. The van der Waals surface area contributed by atoms with Crippen LogP contribution < -0.4 is 4.74 Å². The lowest BCUT2D eigenvalue weighted by molar-refractivity contribution is -0.141. The third-order valence-electron chi connectivity index (χ3n) is 2.11. The van der Waals surface area contributed by atoms with Gasteiger partial charge in [0.05, 0.1) is 13.0 Å². The molecule has 1 rings (SSSR count). The fraction of sp³-hybridized carbons (Fsp3) is 0.400. The highest BCUT2D eigenvalue weighted by atomic mass is 79.9. The maximum absolute atomic E-state index is 10.7. The highest BCUT2D eigenvalue weighted by Gasteiger charge is 2.17. The molecule has 4 nitrogen and oxygen atoms in total. The van der Waals surface area contributed by atoms with Gasteiger partial charge in [0.25, 0.3) is 0 Å². The van der Waals surface area contributed by atoms with E-state index in [1.165, 1.54) is 0 Å². The molecule has 0 spiro atoms. The van der Waals surface area contributed by atoms with Crippen LogP contribution in [0.15, 0.2) is 16.9 Å². The second-order valence-corrected chi connectivity index (χ2v) is 3.98. The molecule has 15 heavy (non-hydrogen) atoms. The molecule has 0 saturated heterocycles. The summed E-state index contributed by atoms with van der Waals surface area (Å²) >= 11 is 3.28. The molecule has 0 radical (unpaired) electrons. The Kier molecular flexibility index (Phi) is 4.08. The van der Waals surface area contributed by atoms with Crippen LogP contribution in [0, 0.1) is 5.92 Å². The summed E-state index contributed by atoms with van der Waals surface area (Å²) in [4.78, 5) is 14.8. The molecule has 0 fully saturated rings. The maximum atomic E-state index is 10.7. The Morgan fingerprint density at radius 3 is 2.93 bits per heavy atom. The molecule has 0 aliphatic carbocycles. The van der Waals surface area contributed by atoms with Gasteiger partial charge in [0.1, 0.15) is 10.4 Å². The van der Waals surface area contributed by atoms with E-state index in [1.807, 2.05) is 0 Å². The Hall–Kier alpha value is -1.10. The molecule has 1 aromatic heterocycles. The van der Waals surface area contributed by atoms with E-state index >= 15 is 0 Å². The summed E-state index contributed by atoms with van der Waals surface area (Å²) in [6.07, 6.45) is 2.00. The quantitative estimate of drug-likeness (QED) is 0.854. The molecular weight excluding hydrogens is 262 g/mol. The zero-order valence-corrected chi connectivity index (χ0v) is 10.1. The van der Waals surface area contributed by atoms with Crippen LogP contribution >= 0.6 is 15.9 Å². The first kappa shape index (κ1) is 12.0. The monoisotopic (exact) mass is 273 g/mol. The van der Waals surface area contributed by atoms with Crippen molar-refractivity contribution < 1.29 is 14.6 Å². The lowest BCUT2D eigenvalue weighted by Gasteiger charge is -2.11. The molecule has 1 atom stereocenters. The molecule has 0 amide bonds. The van der Waals surface area contributed by atoms with Crippen molar-refractivity contribution in [3.63, 3.8) is 0 Å². The number of methoxy groups -OCH3 is 1. The van der Waals surface area contributed by atoms with E-state index in [0.717, 1.165) is 5.56 Å². The molecule has 0 aliphatic heterocycles. The number of aliphatic carboxylic acids is 1. The molecule has 1 heterocycles. The van der Waals surface area contributed by atoms with Gasteiger partial charge in [-0.25, -0.2) is 4.98 Å². The van der Waals surface area contributed by atoms with Gasteiger partial charge in [-0.2, -0.15) is 0 Å². The standard InChI is InChI=1S/C10H12BrNO3/c1-6(10(13)14)5-7-8(15-2)3-4-12-9(7)11/h3-4,6H,5H2,1-2H3,(H,13,14). The molecule has 82 valence electrons. The van der Waals surface area contributed by atoms with E-state index in [1.54, 1.807) is 26.3 Å². The summed E-state index contributed by atoms with van der Waals surface area (Å²) in [6.45, 7) is 1.65. The average molecular weight is 274 g/mol. The highest BCUT2D eigenvalue weighted by Crippen LogP contribution is 2.27. The Bertz CT molecular complexity index is 368. The zero-order chi connectivity index (χ0) is 11.4. The molecule has 1 N–H and O–H groups in total. The van der Waals surface area contributed by atoms with Crippen molar-refractivity contribution in [3.8, 4) is 5.75 Å². The average Bonchev–Trinajstić information content (AvgIpc) is 2.20. The fourth-order valence-corrected chi connectivity index (χ4v) is 1.70. The number of hydrogen-bond acceptors (Lipinski definition) is 3. The SMILES string of the molecule is COc1ccnc(Br)c1CC(C)C(=O)O. The van der Waals surface area contributed by atoms with Crippen LogP contribution in [-0.2, 0) is 11.2 Å². The first-order chi connectivity index (χ1) is 7.06. The number of nitrogens with zero attached hydrogens (tertiary/aromatic N) is 1. The Morgan fingerprint density at radius 2 is 2.40 bits per heavy atom. The Labute approximate surface area is 96.4 Å². The third kappa shape index (κ3) is 2.92. The van der Waals surface area contributed by atoms with Gasteiger partial charge in [0.15, 0.2) is 0 Å². The number of ether oxygens (including phenoxy) is 1. The van der Waals surface area contributed by atoms with Gasteiger partial charge >= 0.3 is 5.97 Å². The van der Waals surface area contributed by atoms with E-state index in [0.29, 0.717) is 16.8 Å². The van der Waals surface area contributed by atoms with Crippen molar-refractivity contribution in [2.45, 2.75) is 13.3 Å². The van der Waals surface area contributed by atoms with Crippen molar-refractivity contribution in [2.24, 2.45) is 5.92 Å². The molecule has 0 saturated carbocycles. The summed E-state index contributed by atoms with van der Waals surface area (Å²) in [5.74, 6) is -0.628. The number of carboxylic acid groups (broad SMARTS) is 1. The number of aromatic nitrogens is 1. The van der Waals surface area contributed by atoms with Gasteiger partial charge in [-0.15, -0.1) is 0 Å². The first-order valence-electron chi connectivity index (χ1n) is 4.46. The lowest BCUT2D eigenvalue weighted by Crippen LogP contribution is -2.13. The second-order valence-electron chi connectivity index (χ2n) is 3.23. The molecule has 0 aliphatic rings. The second kappa shape index (κ2) is 5.11. The van der Waals surface area contributed by atoms with E-state index < -0.39 is 11.9 Å². The van der Waals surface area contributed by atoms with Gasteiger partial charge < -0.3 is 9.84 Å². The van der Waals surface area contributed by atoms with Crippen molar-refractivity contribution in [1.82, 2.24) is 4.98 Å².